The Hall–Kier alpha value is -1.40. The van der Waals surface area contributed by atoms with E-state index in [-0.39, 0.29) is 0 Å². The molecule has 20 heavy (non-hydrogen) atoms. The van der Waals surface area contributed by atoms with E-state index < -0.39 is 51.2 Å². The van der Waals surface area contributed by atoms with E-state index in [0.29, 0.717) is 0 Å². The highest BCUT2D eigenvalue weighted by atomic mass is 35.5. The Labute approximate surface area is 123 Å². The number of nitriles is 2. The highest BCUT2D eigenvalue weighted by Crippen LogP contribution is 2.39. The van der Waals surface area contributed by atoms with Gasteiger partial charge in [-0.3, -0.25) is 9.11 Å². The lowest BCUT2D eigenvalue weighted by molar-refractivity contribution is 0.481. The maximum Gasteiger partial charge on any atom is 0.297 e. The minimum atomic E-state index is -5.13. The van der Waals surface area contributed by atoms with E-state index in [2.05, 4.69) is 0 Å². The summed E-state index contributed by atoms with van der Waals surface area (Å²) >= 11 is 11.0. The van der Waals surface area contributed by atoms with Gasteiger partial charge < -0.3 is 0 Å². The van der Waals surface area contributed by atoms with Crippen LogP contribution in [0.1, 0.15) is 11.1 Å². The molecule has 0 aliphatic rings. The molecule has 0 aliphatic carbocycles. The fraction of sp³-hybridized carbons (Fsp3) is 0. The molecule has 0 fully saturated rings. The Morgan fingerprint density at radius 3 is 1.30 bits per heavy atom. The molecule has 1 aromatic rings. The van der Waals surface area contributed by atoms with Crippen molar-refractivity contribution in [3.8, 4) is 12.1 Å². The maximum atomic E-state index is 11.2. The zero-order valence-electron chi connectivity index (χ0n) is 8.99. The van der Waals surface area contributed by atoms with E-state index in [1.165, 1.54) is 12.1 Å². The molecule has 106 valence electrons. The van der Waals surface area contributed by atoms with Gasteiger partial charge in [0.05, 0.1) is 21.2 Å². The minimum Gasteiger partial charge on any atom is -0.282 e. The lowest BCUT2D eigenvalue weighted by Gasteiger charge is -2.11. The van der Waals surface area contributed by atoms with Gasteiger partial charge in [0.1, 0.15) is 21.9 Å². The van der Waals surface area contributed by atoms with Crippen molar-refractivity contribution in [1.29, 1.82) is 10.5 Å². The Bertz CT molecular complexity index is 821. The first-order valence-electron chi connectivity index (χ1n) is 4.27. The SMILES string of the molecule is N#Cc1c(Cl)c(C#N)c(S(=O)(=O)O)c(Cl)c1S(=O)(=O)O. The summed E-state index contributed by atoms with van der Waals surface area (Å²) in [6.45, 7) is 0. The second kappa shape index (κ2) is 5.18. The monoisotopic (exact) mass is 356 g/mol. The zero-order valence-corrected chi connectivity index (χ0v) is 12.1. The lowest BCUT2D eigenvalue weighted by atomic mass is 10.1. The molecular formula is C8H2Cl2N2O6S2. The van der Waals surface area contributed by atoms with E-state index in [4.69, 9.17) is 42.8 Å². The van der Waals surface area contributed by atoms with Crippen molar-refractivity contribution in [3.05, 3.63) is 21.2 Å². The van der Waals surface area contributed by atoms with Crippen LogP contribution in [0, 0.1) is 22.7 Å². The number of hydrogen-bond acceptors (Lipinski definition) is 6. The van der Waals surface area contributed by atoms with Crippen LogP contribution >= 0.6 is 23.2 Å². The van der Waals surface area contributed by atoms with Gasteiger partial charge >= 0.3 is 0 Å². The smallest absolute Gasteiger partial charge is 0.282 e. The molecular weight excluding hydrogens is 355 g/mol. The van der Waals surface area contributed by atoms with Gasteiger partial charge in [-0.2, -0.15) is 27.4 Å². The van der Waals surface area contributed by atoms with Gasteiger partial charge in [-0.05, 0) is 0 Å². The second-order valence-electron chi connectivity index (χ2n) is 3.21. The van der Waals surface area contributed by atoms with E-state index in [9.17, 15) is 16.8 Å². The number of hydrogen-bond donors (Lipinski definition) is 2. The summed E-state index contributed by atoms with van der Waals surface area (Å²) in [6, 6.07) is 2.56. The van der Waals surface area contributed by atoms with Gasteiger partial charge in [-0.25, -0.2) is 0 Å². The summed E-state index contributed by atoms with van der Waals surface area (Å²) in [6.07, 6.45) is 0. The molecule has 0 radical (unpaired) electrons. The van der Waals surface area contributed by atoms with Gasteiger partial charge in [-0.15, -0.1) is 0 Å². The normalized spacial score (nSPS) is 11.7. The number of rotatable bonds is 2. The molecule has 0 saturated heterocycles. The quantitative estimate of drug-likeness (QED) is 0.748. The van der Waals surface area contributed by atoms with Crippen LogP contribution < -0.4 is 0 Å². The fourth-order valence-electron chi connectivity index (χ4n) is 1.33. The van der Waals surface area contributed by atoms with E-state index in [1.54, 1.807) is 0 Å². The summed E-state index contributed by atoms with van der Waals surface area (Å²) in [7, 11) is -10.3. The van der Waals surface area contributed by atoms with E-state index in [0.717, 1.165) is 0 Å². The largest absolute Gasteiger partial charge is 0.297 e. The molecule has 0 heterocycles. The first-order valence-corrected chi connectivity index (χ1v) is 7.90. The average molecular weight is 357 g/mol. The van der Waals surface area contributed by atoms with Crippen molar-refractivity contribution in [2.24, 2.45) is 0 Å². The van der Waals surface area contributed by atoms with Crippen LogP contribution in [0.5, 0.6) is 0 Å². The van der Waals surface area contributed by atoms with Gasteiger partial charge in [0.25, 0.3) is 20.2 Å². The first-order chi connectivity index (χ1) is 8.96. The van der Waals surface area contributed by atoms with Crippen molar-refractivity contribution in [1.82, 2.24) is 0 Å². The highest BCUT2D eigenvalue weighted by molar-refractivity contribution is 7.87. The molecule has 1 rings (SSSR count). The Kier molecular flexibility index (Phi) is 4.31. The number of benzene rings is 1. The molecule has 2 N–H and O–H groups in total. The Morgan fingerprint density at radius 1 is 0.800 bits per heavy atom. The van der Waals surface area contributed by atoms with Crippen LogP contribution in [0.25, 0.3) is 0 Å². The van der Waals surface area contributed by atoms with Crippen LogP contribution in [0.2, 0.25) is 10.0 Å². The van der Waals surface area contributed by atoms with Crippen molar-refractivity contribution in [2.45, 2.75) is 9.79 Å². The van der Waals surface area contributed by atoms with Gasteiger partial charge in [-0.1, -0.05) is 23.2 Å². The second-order valence-corrected chi connectivity index (χ2v) is 6.68. The third-order valence-electron chi connectivity index (χ3n) is 2.03. The van der Waals surface area contributed by atoms with E-state index >= 15 is 0 Å². The molecule has 8 nitrogen and oxygen atoms in total. The molecule has 0 amide bonds. The molecule has 0 saturated carbocycles. The van der Waals surface area contributed by atoms with Crippen molar-refractivity contribution < 1.29 is 25.9 Å². The highest BCUT2D eigenvalue weighted by Gasteiger charge is 2.33. The number of halogens is 2. The van der Waals surface area contributed by atoms with Gasteiger partial charge in [0.15, 0.2) is 0 Å². The maximum absolute atomic E-state index is 11.2. The Balaban J connectivity index is 4.30. The first kappa shape index (κ1) is 16.7. The minimum absolute atomic E-state index is 0.875. The van der Waals surface area contributed by atoms with Gasteiger partial charge in [0.2, 0.25) is 0 Å². The van der Waals surface area contributed by atoms with Gasteiger partial charge in [0, 0.05) is 0 Å². The average Bonchev–Trinajstić information content (AvgIpc) is 2.27. The predicted molar refractivity (Wildman–Crippen MR) is 65.5 cm³/mol. The predicted octanol–water partition coefficient (Wildman–Crippen LogP) is 1.23. The summed E-state index contributed by atoms with van der Waals surface area (Å²) in [4.78, 5) is -2.61. The standard InChI is InChI=1S/C8H2Cl2N2O6S2/c9-5-3(1-11)7(19(13,14)15)6(10)8(4(5)2-12)20(16,17)18/h(H,13,14,15)(H,16,17,18). The molecule has 0 aliphatic heterocycles. The van der Waals surface area contributed by atoms with Crippen molar-refractivity contribution >= 4 is 43.4 Å². The fourth-order valence-corrected chi connectivity index (χ4v) is 4.02. The van der Waals surface area contributed by atoms with Crippen LogP contribution in [-0.4, -0.2) is 25.9 Å². The summed E-state index contributed by atoms with van der Waals surface area (Å²) in [5, 5.41) is 15.5. The summed E-state index contributed by atoms with van der Waals surface area (Å²) < 4.78 is 62.6. The molecule has 0 atom stereocenters. The summed E-state index contributed by atoms with van der Waals surface area (Å²) in [5.41, 5.74) is -1.83. The van der Waals surface area contributed by atoms with Crippen molar-refractivity contribution in [3.63, 3.8) is 0 Å². The van der Waals surface area contributed by atoms with Crippen molar-refractivity contribution in [2.75, 3.05) is 0 Å². The number of nitrogens with zero attached hydrogens (tertiary/aromatic N) is 2. The lowest BCUT2D eigenvalue weighted by Crippen LogP contribution is -2.11. The third-order valence-corrected chi connectivity index (χ3v) is 4.86. The van der Waals surface area contributed by atoms with Crippen LogP contribution in [0.4, 0.5) is 0 Å². The Morgan fingerprint density at radius 2 is 1.10 bits per heavy atom. The molecule has 1 aromatic carbocycles. The summed E-state index contributed by atoms with van der Waals surface area (Å²) in [5.74, 6) is 0. The van der Waals surface area contributed by atoms with Crippen LogP contribution in [0.15, 0.2) is 9.79 Å². The molecule has 12 heteroatoms. The molecule has 0 spiro atoms. The van der Waals surface area contributed by atoms with Crippen LogP contribution in [0.3, 0.4) is 0 Å². The van der Waals surface area contributed by atoms with Crippen LogP contribution in [-0.2, 0) is 20.2 Å². The molecule has 0 unspecified atom stereocenters. The molecule has 0 bridgehead atoms. The molecule has 0 aromatic heterocycles. The third kappa shape index (κ3) is 2.71. The zero-order chi connectivity index (χ0) is 15.9. The topological polar surface area (TPSA) is 156 Å². The van der Waals surface area contributed by atoms with E-state index in [1.807, 2.05) is 0 Å².